The Morgan fingerprint density at radius 3 is 2.75 bits per heavy atom. The zero-order valence-electron chi connectivity index (χ0n) is 11.0. The predicted molar refractivity (Wildman–Crippen MR) is 68.0 cm³/mol. The lowest BCUT2D eigenvalue weighted by Crippen LogP contribution is -2.19. The number of benzene rings is 1. The van der Waals surface area contributed by atoms with Crippen LogP contribution in [-0.4, -0.2) is 9.78 Å². The molecule has 6 heteroatoms. The van der Waals surface area contributed by atoms with E-state index in [9.17, 15) is 13.2 Å². The number of rotatable bonds is 1. The maximum Gasteiger partial charge on any atom is 0.196 e. The first-order valence-electron chi connectivity index (χ1n) is 6.48. The van der Waals surface area contributed by atoms with E-state index < -0.39 is 17.5 Å². The average Bonchev–Trinajstić information content (AvgIpc) is 2.75. The van der Waals surface area contributed by atoms with Crippen LogP contribution >= 0.6 is 0 Å². The summed E-state index contributed by atoms with van der Waals surface area (Å²) in [5.41, 5.74) is 8.35. The van der Waals surface area contributed by atoms with Crippen LogP contribution in [0.3, 0.4) is 0 Å². The van der Waals surface area contributed by atoms with Crippen LogP contribution in [0.15, 0.2) is 12.1 Å². The fourth-order valence-electron chi connectivity index (χ4n) is 2.82. The van der Waals surface area contributed by atoms with Crippen molar-refractivity contribution in [1.29, 1.82) is 0 Å². The van der Waals surface area contributed by atoms with Gasteiger partial charge in [0.25, 0.3) is 0 Å². The summed E-state index contributed by atoms with van der Waals surface area (Å²) in [5.74, 6) is -3.92. The molecule has 2 aromatic rings. The number of aryl methyl sites for hydroxylation is 1. The third kappa shape index (κ3) is 1.83. The highest BCUT2D eigenvalue weighted by molar-refractivity contribution is 5.41. The van der Waals surface area contributed by atoms with Crippen LogP contribution in [0.5, 0.6) is 0 Å². The Balaban J connectivity index is 2.22. The molecule has 20 heavy (non-hydrogen) atoms. The summed E-state index contributed by atoms with van der Waals surface area (Å²) in [5, 5.41) is 4.25. The molecule has 0 radical (unpaired) electrons. The van der Waals surface area contributed by atoms with Gasteiger partial charge in [-0.1, -0.05) is 0 Å². The number of fused-ring (bicyclic) bond motifs is 1. The lowest BCUT2D eigenvalue weighted by molar-refractivity contribution is 0.442. The third-order valence-electron chi connectivity index (χ3n) is 3.75. The Hall–Kier alpha value is -1.82. The zero-order chi connectivity index (χ0) is 14.4. The van der Waals surface area contributed by atoms with E-state index in [4.69, 9.17) is 5.73 Å². The topological polar surface area (TPSA) is 43.8 Å². The fourth-order valence-corrected chi connectivity index (χ4v) is 2.82. The van der Waals surface area contributed by atoms with Crippen molar-refractivity contribution in [3.8, 4) is 5.69 Å². The van der Waals surface area contributed by atoms with Crippen LogP contribution in [0.1, 0.15) is 35.8 Å². The van der Waals surface area contributed by atoms with Crippen LogP contribution in [0.2, 0.25) is 0 Å². The van der Waals surface area contributed by atoms with Gasteiger partial charge in [0.1, 0.15) is 5.69 Å². The van der Waals surface area contributed by atoms with Crippen LogP contribution in [0.25, 0.3) is 5.69 Å². The van der Waals surface area contributed by atoms with Crippen LogP contribution < -0.4 is 5.73 Å². The van der Waals surface area contributed by atoms with E-state index in [0.29, 0.717) is 12.1 Å². The Morgan fingerprint density at radius 1 is 1.25 bits per heavy atom. The molecular weight excluding hydrogens is 267 g/mol. The summed E-state index contributed by atoms with van der Waals surface area (Å²) in [7, 11) is 0. The lowest BCUT2D eigenvalue weighted by Gasteiger charge is -2.20. The summed E-state index contributed by atoms with van der Waals surface area (Å²) >= 11 is 0. The second-order valence-corrected chi connectivity index (χ2v) is 5.05. The van der Waals surface area contributed by atoms with Gasteiger partial charge < -0.3 is 5.73 Å². The number of nitrogens with zero attached hydrogens (tertiary/aromatic N) is 2. The first kappa shape index (κ1) is 13.2. The second-order valence-electron chi connectivity index (χ2n) is 5.05. The number of halogens is 3. The molecule has 1 unspecified atom stereocenters. The van der Waals surface area contributed by atoms with Gasteiger partial charge in [-0.25, -0.2) is 17.9 Å². The van der Waals surface area contributed by atoms with E-state index in [2.05, 4.69) is 5.10 Å². The van der Waals surface area contributed by atoms with Crippen molar-refractivity contribution >= 4 is 0 Å². The molecular formula is C14H14F3N3. The Kier molecular flexibility index (Phi) is 3.05. The van der Waals surface area contributed by atoms with E-state index >= 15 is 0 Å². The molecule has 0 saturated heterocycles. The zero-order valence-corrected chi connectivity index (χ0v) is 11.0. The average molecular weight is 281 g/mol. The molecule has 0 amide bonds. The minimum Gasteiger partial charge on any atom is -0.324 e. The monoisotopic (exact) mass is 281 g/mol. The van der Waals surface area contributed by atoms with Gasteiger partial charge in [-0.3, -0.25) is 0 Å². The van der Waals surface area contributed by atoms with Crippen molar-refractivity contribution in [2.75, 3.05) is 0 Å². The predicted octanol–water partition coefficient (Wildman–Crippen LogP) is 2.93. The van der Waals surface area contributed by atoms with Gasteiger partial charge in [0.15, 0.2) is 17.5 Å². The van der Waals surface area contributed by atoms with Gasteiger partial charge in [-0.05, 0) is 38.3 Å². The van der Waals surface area contributed by atoms with E-state index in [0.717, 1.165) is 30.2 Å². The molecule has 0 bridgehead atoms. The van der Waals surface area contributed by atoms with Crippen LogP contribution in [0, 0.1) is 24.4 Å². The molecule has 1 aliphatic carbocycles. The molecule has 1 aromatic heterocycles. The molecule has 0 spiro atoms. The van der Waals surface area contributed by atoms with Crippen LogP contribution in [-0.2, 0) is 6.42 Å². The largest absolute Gasteiger partial charge is 0.324 e. The molecule has 1 heterocycles. The third-order valence-corrected chi connectivity index (χ3v) is 3.75. The first-order chi connectivity index (χ1) is 9.50. The molecule has 2 N–H and O–H groups in total. The van der Waals surface area contributed by atoms with E-state index in [1.54, 1.807) is 6.92 Å². The van der Waals surface area contributed by atoms with Crippen molar-refractivity contribution in [3.05, 3.63) is 46.5 Å². The van der Waals surface area contributed by atoms with Crippen molar-refractivity contribution in [2.45, 2.75) is 32.2 Å². The van der Waals surface area contributed by atoms with Gasteiger partial charge in [-0.2, -0.15) is 5.10 Å². The Labute approximate surface area is 114 Å². The van der Waals surface area contributed by atoms with Crippen molar-refractivity contribution in [1.82, 2.24) is 9.78 Å². The standard InChI is InChI=1S/C14H14F3N3/c1-7-12-9(18)3-2-4-10(12)20(19-7)11-6-5-8(15)13(16)14(11)17/h5-6,9H,2-4,18H2,1H3. The lowest BCUT2D eigenvalue weighted by atomic mass is 9.92. The first-order valence-corrected chi connectivity index (χ1v) is 6.48. The summed E-state index contributed by atoms with van der Waals surface area (Å²) in [6.07, 6.45) is 2.41. The number of hydrogen-bond donors (Lipinski definition) is 1. The fraction of sp³-hybridized carbons (Fsp3) is 0.357. The highest BCUT2D eigenvalue weighted by Crippen LogP contribution is 2.32. The molecule has 1 aliphatic rings. The van der Waals surface area contributed by atoms with E-state index in [1.165, 1.54) is 10.7 Å². The van der Waals surface area contributed by atoms with Gasteiger partial charge in [0.2, 0.25) is 0 Å². The molecule has 1 atom stereocenters. The van der Waals surface area contributed by atoms with Gasteiger partial charge in [0.05, 0.1) is 5.69 Å². The molecule has 3 nitrogen and oxygen atoms in total. The summed E-state index contributed by atoms with van der Waals surface area (Å²) in [6.45, 7) is 1.79. The quantitative estimate of drug-likeness (QED) is 0.817. The minimum absolute atomic E-state index is 0.0812. The second kappa shape index (κ2) is 4.63. The summed E-state index contributed by atoms with van der Waals surface area (Å²) in [6, 6.07) is 1.96. The van der Waals surface area contributed by atoms with E-state index in [-0.39, 0.29) is 11.7 Å². The van der Waals surface area contributed by atoms with Crippen molar-refractivity contribution in [3.63, 3.8) is 0 Å². The minimum atomic E-state index is -1.48. The maximum atomic E-state index is 13.9. The molecule has 3 rings (SSSR count). The van der Waals surface area contributed by atoms with Crippen LogP contribution in [0.4, 0.5) is 13.2 Å². The van der Waals surface area contributed by atoms with Crippen molar-refractivity contribution in [2.24, 2.45) is 5.73 Å². The SMILES string of the molecule is Cc1nn(-c2ccc(F)c(F)c2F)c2c1C(N)CCC2. The summed E-state index contributed by atoms with van der Waals surface area (Å²) < 4.78 is 41.7. The van der Waals surface area contributed by atoms with Gasteiger partial charge in [-0.15, -0.1) is 0 Å². The number of hydrogen-bond acceptors (Lipinski definition) is 2. The molecule has 0 fully saturated rings. The molecule has 106 valence electrons. The number of nitrogens with two attached hydrogens (primary N) is 1. The van der Waals surface area contributed by atoms with E-state index in [1.807, 2.05) is 0 Å². The van der Waals surface area contributed by atoms with Gasteiger partial charge in [0, 0.05) is 17.3 Å². The molecule has 0 aliphatic heterocycles. The normalized spacial score (nSPS) is 18.1. The maximum absolute atomic E-state index is 13.9. The summed E-state index contributed by atoms with van der Waals surface area (Å²) in [4.78, 5) is 0. The highest BCUT2D eigenvalue weighted by atomic mass is 19.2. The molecule has 1 aromatic carbocycles. The van der Waals surface area contributed by atoms with Gasteiger partial charge >= 0.3 is 0 Å². The molecule has 0 saturated carbocycles. The Morgan fingerprint density at radius 2 is 2.00 bits per heavy atom. The highest BCUT2D eigenvalue weighted by Gasteiger charge is 2.27. The smallest absolute Gasteiger partial charge is 0.196 e. The Bertz CT molecular complexity index is 679. The van der Waals surface area contributed by atoms with Crippen molar-refractivity contribution < 1.29 is 13.2 Å². The number of aromatic nitrogens is 2.